The molecule has 3 rings (SSSR count). The third-order valence-electron chi connectivity index (χ3n) is 5.73. The number of ketones is 1. The molecule has 2 unspecified atom stereocenters. The molecule has 2 heterocycles. The van der Waals surface area contributed by atoms with Crippen LogP contribution in [0.2, 0.25) is 0 Å². The van der Waals surface area contributed by atoms with E-state index in [1.165, 1.54) is 0 Å². The molecule has 1 fully saturated rings. The third kappa shape index (κ3) is 4.78. The minimum absolute atomic E-state index is 0.0452. The van der Waals surface area contributed by atoms with E-state index in [-0.39, 0.29) is 29.3 Å². The summed E-state index contributed by atoms with van der Waals surface area (Å²) in [5, 5.41) is 0.886. The number of hydrogen-bond acceptors (Lipinski definition) is 4. The Morgan fingerprint density at radius 2 is 2.04 bits per heavy atom. The molecule has 1 aromatic carbocycles. The van der Waals surface area contributed by atoms with Crippen molar-refractivity contribution in [2.75, 3.05) is 13.6 Å². The van der Waals surface area contributed by atoms with Crippen LogP contribution in [0, 0.1) is 5.41 Å². The first-order valence-corrected chi connectivity index (χ1v) is 9.74. The predicted octanol–water partition coefficient (Wildman–Crippen LogP) is 4.18. The SMILES string of the molecule is CC1CC(OC(=O)c2c[nH]c3ccccc23)CC(C)(C)CCC(=O)CN1C. The number of nitrogens with one attached hydrogen (secondary N) is 1. The summed E-state index contributed by atoms with van der Waals surface area (Å²) >= 11 is 0. The van der Waals surface area contributed by atoms with Gasteiger partial charge in [0, 0.05) is 29.6 Å². The summed E-state index contributed by atoms with van der Waals surface area (Å²) in [6, 6.07) is 7.92. The lowest BCUT2D eigenvalue weighted by Gasteiger charge is -2.34. The number of carbonyl (C=O) groups excluding carboxylic acids is 2. The summed E-state index contributed by atoms with van der Waals surface area (Å²) in [7, 11) is 1.97. The van der Waals surface area contributed by atoms with Crippen molar-refractivity contribution in [1.82, 2.24) is 9.88 Å². The maximum absolute atomic E-state index is 12.9. The van der Waals surface area contributed by atoms with E-state index in [0.29, 0.717) is 18.5 Å². The molecule has 5 nitrogen and oxygen atoms in total. The van der Waals surface area contributed by atoms with Gasteiger partial charge in [0.2, 0.25) is 0 Å². The fourth-order valence-corrected chi connectivity index (χ4v) is 3.90. The van der Waals surface area contributed by atoms with Crippen LogP contribution in [0.5, 0.6) is 0 Å². The van der Waals surface area contributed by atoms with Gasteiger partial charge in [-0.25, -0.2) is 4.79 Å². The number of nitrogens with zero attached hydrogens (tertiary/aromatic N) is 1. The number of hydrogen-bond donors (Lipinski definition) is 1. The van der Waals surface area contributed by atoms with Crippen molar-refractivity contribution in [2.45, 2.75) is 58.6 Å². The molecule has 0 spiro atoms. The summed E-state index contributed by atoms with van der Waals surface area (Å²) in [5.41, 5.74) is 1.47. The first kappa shape index (κ1) is 19.6. The molecule has 0 amide bonds. The number of aromatic nitrogens is 1. The van der Waals surface area contributed by atoms with Crippen molar-refractivity contribution in [3.63, 3.8) is 0 Å². The van der Waals surface area contributed by atoms with E-state index >= 15 is 0 Å². The summed E-state index contributed by atoms with van der Waals surface area (Å²) in [6.07, 6.45) is 4.43. The Balaban J connectivity index is 1.79. The predicted molar refractivity (Wildman–Crippen MR) is 107 cm³/mol. The Labute approximate surface area is 161 Å². The second kappa shape index (κ2) is 7.85. The van der Waals surface area contributed by atoms with Gasteiger partial charge in [0.15, 0.2) is 0 Å². The number of likely N-dealkylation sites (N-methyl/N-ethyl adjacent to an activating group) is 1. The molecular formula is C22H30N2O3. The Morgan fingerprint density at radius 3 is 2.81 bits per heavy atom. The van der Waals surface area contributed by atoms with Crippen LogP contribution in [0.3, 0.4) is 0 Å². The normalized spacial score (nSPS) is 24.7. The summed E-state index contributed by atoms with van der Waals surface area (Å²) in [6.45, 7) is 6.86. The molecule has 1 aliphatic rings. The van der Waals surface area contributed by atoms with E-state index in [1.807, 2.05) is 31.3 Å². The van der Waals surface area contributed by atoms with Crippen molar-refractivity contribution in [2.24, 2.45) is 5.41 Å². The van der Waals surface area contributed by atoms with Crippen LogP contribution < -0.4 is 0 Å². The van der Waals surface area contributed by atoms with Gasteiger partial charge >= 0.3 is 5.97 Å². The van der Waals surface area contributed by atoms with Crippen LogP contribution in [-0.4, -0.2) is 47.4 Å². The topological polar surface area (TPSA) is 62.4 Å². The monoisotopic (exact) mass is 370 g/mol. The minimum Gasteiger partial charge on any atom is -0.459 e. The van der Waals surface area contributed by atoms with Crippen LogP contribution in [0.4, 0.5) is 0 Å². The van der Waals surface area contributed by atoms with E-state index in [9.17, 15) is 9.59 Å². The van der Waals surface area contributed by atoms with Gasteiger partial charge in [0.1, 0.15) is 11.9 Å². The van der Waals surface area contributed by atoms with E-state index < -0.39 is 0 Å². The molecule has 1 aliphatic heterocycles. The number of H-pyrrole nitrogens is 1. The van der Waals surface area contributed by atoms with Crippen molar-refractivity contribution in [1.29, 1.82) is 0 Å². The van der Waals surface area contributed by atoms with Crippen LogP contribution in [-0.2, 0) is 9.53 Å². The van der Waals surface area contributed by atoms with Gasteiger partial charge in [-0.1, -0.05) is 32.0 Å². The Kier molecular flexibility index (Phi) is 5.70. The number of Topliss-reactive ketones (excluding diaryl/α,β-unsaturated/α-hetero) is 1. The summed E-state index contributed by atoms with van der Waals surface area (Å²) in [4.78, 5) is 30.2. The van der Waals surface area contributed by atoms with Gasteiger partial charge in [-0.3, -0.25) is 9.69 Å². The summed E-state index contributed by atoms with van der Waals surface area (Å²) < 4.78 is 5.99. The molecule has 1 N–H and O–H groups in total. The Hall–Kier alpha value is -2.14. The van der Waals surface area contributed by atoms with Gasteiger partial charge in [-0.05, 0) is 44.7 Å². The first-order valence-electron chi connectivity index (χ1n) is 9.74. The molecule has 0 saturated carbocycles. The van der Waals surface area contributed by atoms with Gasteiger partial charge in [0.05, 0.1) is 12.1 Å². The second-order valence-electron chi connectivity index (χ2n) is 8.68. The number of para-hydroxylation sites is 1. The number of esters is 1. The molecular weight excluding hydrogens is 340 g/mol. The molecule has 2 atom stereocenters. The van der Waals surface area contributed by atoms with Crippen molar-refractivity contribution >= 4 is 22.7 Å². The minimum atomic E-state index is -0.281. The van der Waals surface area contributed by atoms with Crippen LogP contribution in [0.15, 0.2) is 30.5 Å². The van der Waals surface area contributed by atoms with Crippen LogP contribution in [0.25, 0.3) is 10.9 Å². The standard InChI is InChI=1S/C22H30N2O3/c1-15-11-17(12-22(2,3)10-9-16(25)14-24(15)4)27-21(26)19-13-23-20-8-6-5-7-18(19)20/h5-8,13,15,17,23H,9-12,14H2,1-4H3. The van der Waals surface area contributed by atoms with E-state index in [4.69, 9.17) is 4.74 Å². The molecule has 0 aliphatic carbocycles. The zero-order valence-corrected chi connectivity index (χ0v) is 16.7. The molecule has 2 aromatic rings. The van der Waals surface area contributed by atoms with Gasteiger partial charge in [0.25, 0.3) is 0 Å². The van der Waals surface area contributed by atoms with Crippen molar-refractivity contribution in [3.05, 3.63) is 36.0 Å². The number of fused-ring (bicyclic) bond motifs is 1. The average Bonchev–Trinajstić information content (AvgIpc) is 3.03. The fraction of sp³-hybridized carbons (Fsp3) is 0.545. The molecule has 5 heteroatoms. The zero-order valence-electron chi connectivity index (χ0n) is 16.7. The first-order chi connectivity index (χ1) is 12.7. The van der Waals surface area contributed by atoms with Crippen molar-refractivity contribution < 1.29 is 14.3 Å². The number of ether oxygens (including phenoxy) is 1. The Morgan fingerprint density at radius 1 is 1.30 bits per heavy atom. The lowest BCUT2D eigenvalue weighted by atomic mass is 9.80. The molecule has 1 saturated heterocycles. The largest absolute Gasteiger partial charge is 0.459 e. The van der Waals surface area contributed by atoms with E-state index in [2.05, 4.69) is 30.7 Å². The Bertz CT molecular complexity index is 824. The van der Waals surface area contributed by atoms with E-state index in [0.717, 1.165) is 30.2 Å². The number of rotatable bonds is 2. The summed E-state index contributed by atoms with van der Waals surface area (Å²) in [5.74, 6) is 0.00269. The quantitative estimate of drug-likeness (QED) is 0.806. The molecule has 1 aromatic heterocycles. The lowest BCUT2D eigenvalue weighted by Crippen LogP contribution is -2.40. The smallest absolute Gasteiger partial charge is 0.340 e. The van der Waals surface area contributed by atoms with Gasteiger partial charge in [-0.15, -0.1) is 0 Å². The molecule has 27 heavy (non-hydrogen) atoms. The maximum Gasteiger partial charge on any atom is 0.340 e. The highest BCUT2D eigenvalue weighted by Crippen LogP contribution is 2.33. The number of benzene rings is 1. The third-order valence-corrected chi connectivity index (χ3v) is 5.73. The molecule has 0 bridgehead atoms. The second-order valence-corrected chi connectivity index (χ2v) is 8.68. The number of carbonyl (C=O) groups is 2. The van der Waals surface area contributed by atoms with Gasteiger partial charge < -0.3 is 9.72 Å². The fourth-order valence-electron chi connectivity index (χ4n) is 3.90. The lowest BCUT2D eigenvalue weighted by molar-refractivity contribution is -0.121. The number of aromatic amines is 1. The maximum atomic E-state index is 12.9. The highest BCUT2D eigenvalue weighted by molar-refractivity contribution is 6.04. The highest BCUT2D eigenvalue weighted by atomic mass is 16.5. The molecule has 0 radical (unpaired) electrons. The zero-order chi connectivity index (χ0) is 19.6. The van der Waals surface area contributed by atoms with E-state index in [1.54, 1.807) is 6.20 Å². The van der Waals surface area contributed by atoms with Gasteiger partial charge in [-0.2, -0.15) is 0 Å². The van der Waals surface area contributed by atoms with Crippen LogP contribution >= 0.6 is 0 Å². The molecule has 146 valence electrons. The average molecular weight is 370 g/mol. The highest BCUT2D eigenvalue weighted by Gasteiger charge is 2.31. The van der Waals surface area contributed by atoms with Crippen molar-refractivity contribution in [3.8, 4) is 0 Å². The van der Waals surface area contributed by atoms with Crippen LogP contribution in [0.1, 0.15) is 56.8 Å².